The molecule has 6 nitrogen and oxygen atoms in total. The molecule has 6 heteroatoms. The van der Waals surface area contributed by atoms with Gasteiger partial charge in [-0.25, -0.2) is 0 Å². The molecule has 2 amide bonds. The number of carbonyl (C=O) groups excluding carboxylic acids is 2. The summed E-state index contributed by atoms with van der Waals surface area (Å²) in [6.07, 6.45) is -1.23. The third kappa shape index (κ3) is 6.47. The van der Waals surface area contributed by atoms with E-state index in [1.54, 1.807) is 38.1 Å². The van der Waals surface area contributed by atoms with Crippen molar-refractivity contribution in [1.29, 1.82) is 0 Å². The van der Waals surface area contributed by atoms with Gasteiger partial charge in [0.25, 0.3) is 11.8 Å². The Morgan fingerprint density at radius 1 is 0.731 bits per heavy atom. The molecule has 0 aliphatic carbocycles. The van der Waals surface area contributed by atoms with Crippen LogP contribution in [0.5, 0.6) is 11.5 Å². The minimum absolute atomic E-state index is 0.239. The summed E-state index contributed by atoms with van der Waals surface area (Å²) in [4.78, 5) is 24.0. The molecular formula is C20H24N2O4. The van der Waals surface area contributed by atoms with Crippen LogP contribution in [0.15, 0.2) is 60.7 Å². The Morgan fingerprint density at radius 3 is 1.42 bits per heavy atom. The molecule has 26 heavy (non-hydrogen) atoms. The van der Waals surface area contributed by atoms with Gasteiger partial charge in [-0.3, -0.25) is 9.59 Å². The molecule has 0 aromatic heterocycles. The number of amides is 2. The predicted octanol–water partition coefficient (Wildman–Crippen LogP) is 2.15. The van der Waals surface area contributed by atoms with Gasteiger partial charge in [0, 0.05) is 13.1 Å². The van der Waals surface area contributed by atoms with Gasteiger partial charge in [-0.2, -0.15) is 0 Å². The molecule has 0 bridgehead atoms. The van der Waals surface area contributed by atoms with E-state index in [9.17, 15) is 9.59 Å². The van der Waals surface area contributed by atoms with E-state index in [0.29, 0.717) is 24.6 Å². The Bertz CT molecular complexity index is 630. The van der Waals surface area contributed by atoms with Crippen LogP contribution in [0.1, 0.15) is 13.8 Å². The highest BCUT2D eigenvalue weighted by Crippen LogP contribution is 2.11. The van der Waals surface area contributed by atoms with Crippen molar-refractivity contribution in [3.05, 3.63) is 60.7 Å². The van der Waals surface area contributed by atoms with E-state index < -0.39 is 12.2 Å². The molecule has 2 atom stereocenters. The molecule has 2 rings (SSSR count). The third-order valence-electron chi connectivity index (χ3n) is 3.57. The largest absolute Gasteiger partial charge is 0.481 e. The second-order valence-electron chi connectivity index (χ2n) is 5.73. The lowest BCUT2D eigenvalue weighted by molar-refractivity contribution is -0.129. The molecule has 138 valence electrons. The zero-order valence-corrected chi connectivity index (χ0v) is 15.0. The van der Waals surface area contributed by atoms with E-state index in [0.717, 1.165) is 0 Å². The zero-order chi connectivity index (χ0) is 18.8. The van der Waals surface area contributed by atoms with E-state index in [2.05, 4.69) is 10.6 Å². The van der Waals surface area contributed by atoms with Crippen molar-refractivity contribution in [2.45, 2.75) is 26.1 Å². The number of benzene rings is 2. The maximum Gasteiger partial charge on any atom is 0.260 e. The summed E-state index contributed by atoms with van der Waals surface area (Å²) < 4.78 is 11.1. The molecule has 0 aliphatic rings. The average molecular weight is 356 g/mol. The Labute approximate surface area is 153 Å². The lowest BCUT2D eigenvalue weighted by Crippen LogP contribution is -2.43. The molecule has 0 fully saturated rings. The fraction of sp³-hybridized carbons (Fsp3) is 0.300. The summed E-state index contributed by atoms with van der Waals surface area (Å²) >= 11 is 0. The Hall–Kier alpha value is -3.02. The van der Waals surface area contributed by atoms with Crippen LogP contribution in [-0.4, -0.2) is 37.1 Å². The van der Waals surface area contributed by atoms with Gasteiger partial charge in [0.05, 0.1) is 0 Å². The maximum atomic E-state index is 12.0. The molecule has 0 saturated carbocycles. The Kier molecular flexibility index (Phi) is 7.49. The van der Waals surface area contributed by atoms with Gasteiger partial charge in [-0.1, -0.05) is 36.4 Å². The standard InChI is InChI=1S/C20H24N2O4/c1-15(25-17-9-5-3-6-10-17)19(23)21-13-14-22-20(24)16(2)26-18-11-7-4-8-12-18/h3-12,15-16H,13-14H2,1-2H3,(H,21,23)(H,22,24)/t15-,16+. The quantitative estimate of drug-likeness (QED) is 0.675. The average Bonchev–Trinajstić information content (AvgIpc) is 2.66. The van der Waals surface area contributed by atoms with Gasteiger partial charge in [0.15, 0.2) is 12.2 Å². The van der Waals surface area contributed by atoms with Gasteiger partial charge in [-0.05, 0) is 38.1 Å². The van der Waals surface area contributed by atoms with Gasteiger partial charge >= 0.3 is 0 Å². The van der Waals surface area contributed by atoms with Crippen molar-refractivity contribution < 1.29 is 19.1 Å². The molecule has 2 aromatic rings. The van der Waals surface area contributed by atoms with Gasteiger partial charge in [0.2, 0.25) is 0 Å². The summed E-state index contributed by atoms with van der Waals surface area (Å²) in [6, 6.07) is 18.3. The first kappa shape index (κ1) is 19.3. The number of para-hydroxylation sites is 2. The van der Waals surface area contributed by atoms with Crippen LogP contribution in [0.3, 0.4) is 0 Å². The molecule has 2 aromatic carbocycles. The second kappa shape index (κ2) is 10.1. The van der Waals surface area contributed by atoms with Crippen molar-refractivity contribution in [1.82, 2.24) is 10.6 Å². The molecule has 0 heterocycles. The number of hydrogen-bond acceptors (Lipinski definition) is 4. The maximum absolute atomic E-state index is 12.0. The third-order valence-corrected chi connectivity index (χ3v) is 3.57. The molecule has 0 unspecified atom stereocenters. The molecule has 0 aliphatic heterocycles. The van der Waals surface area contributed by atoms with Crippen LogP contribution < -0.4 is 20.1 Å². The lowest BCUT2D eigenvalue weighted by atomic mass is 10.3. The van der Waals surface area contributed by atoms with E-state index in [1.807, 2.05) is 36.4 Å². The van der Waals surface area contributed by atoms with Crippen molar-refractivity contribution in [2.24, 2.45) is 0 Å². The normalized spacial score (nSPS) is 12.5. The Morgan fingerprint density at radius 2 is 1.08 bits per heavy atom. The first-order chi connectivity index (χ1) is 12.6. The second-order valence-corrected chi connectivity index (χ2v) is 5.73. The van der Waals surface area contributed by atoms with Crippen LogP contribution >= 0.6 is 0 Å². The summed E-state index contributed by atoms with van der Waals surface area (Å²) in [6.45, 7) is 3.98. The van der Waals surface area contributed by atoms with Crippen LogP contribution in [0.2, 0.25) is 0 Å². The molecule has 0 spiro atoms. The molecular weight excluding hydrogens is 332 g/mol. The number of nitrogens with one attached hydrogen (secondary N) is 2. The molecule has 2 N–H and O–H groups in total. The fourth-order valence-corrected chi connectivity index (χ4v) is 2.17. The van der Waals surface area contributed by atoms with Crippen LogP contribution in [-0.2, 0) is 9.59 Å². The predicted molar refractivity (Wildman–Crippen MR) is 99.1 cm³/mol. The van der Waals surface area contributed by atoms with Crippen molar-refractivity contribution in [3.8, 4) is 11.5 Å². The van der Waals surface area contributed by atoms with Crippen molar-refractivity contribution >= 4 is 11.8 Å². The van der Waals surface area contributed by atoms with Crippen molar-refractivity contribution in [2.75, 3.05) is 13.1 Å². The first-order valence-electron chi connectivity index (χ1n) is 8.55. The van der Waals surface area contributed by atoms with Crippen molar-refractivity contribution in [3.63, 3.8) is 0 Å². The zero-order valence-electron chi connectivity index (χ0n) is 15.0. The minimum atomic E-state index is -0.617. The van der Waals surface area contributed by atoms with Gasteiger partial charge in [0.1, 0.15) is 11.5 Å². The van der Waals surface area contributed by atoms with E-state index in [-0.39, 0.29) is 11.8 Å². The summed E-state index contributed by atoms with van der Waals surface area (Å²) in [7, 11) is 0. The highest BCUT2D eigenvalue weighted by atomic mass is 16.5. The monoisotopic (exact) mass is 356 g/mol. The minimum Gasteiger partial charge on any atom is -0.481 e. The summed E-state index contributed by atoms with van der Waals surface area (Å²) in [5.41, 5.74) is 0. The molecule has 0 radical (unpaired) electrons. The summed E-state index contributed by atoms with van der Waals surface area (Å²) in [5, 5.41) is 5.45. The first-order valence-corrected chi connectivity index (χ1v) is 8.55. The number of hydrogen-bond donors (Lipinski definition) is 2. The number of ether oxygens (including phenoxy) is 2. The van der Waals surface area contributed by atoms with Gasteiger partial charge < -0.3 is 20.1 Å². The van der Waals surface area contributed by atoms with Gasteiger partial charge in [-0.15, -0.1) is 0 Å². The lowest BCUT2D eigenvalue weighted by Gasteiger charge is -2.16. The fourth-order valence-electron chi connectivity index (χ4n) is 2.17. The van der Waals surface area contributed by atoms with Crippen LogP contribution in [0.25, 0.3) is 0 Å². The van der Waals surface area contributed by atoms with E-state index in [4.69, 9.17) is 9.47 Å². The number of carbonyl (C=O) groups is 2. The SMILES string of the molecule is C[C@H](Oc1ccccc1)C(=O)NCCNC(=O)[C@@H](C)Oc1ccccc1. The topological polar surface area (TPSA) is 76.7 Å². The van der Waals surface area contributed by atoms with Crippen LogP contribution in [0.4, 0.5) is 0 Å². The summed E-state index contributed by atoms with van der Waals surface area (Å²) in [5.74, 6) is 0.791. The van der Waals surface area contributed by atoms with E-state index in [1.165, 1.54) is 0 Å². The highest BCUT2D eigenvalue weighted by Gasteiger charge is 2.16. The van der Waals surface area contributed by atoms with E-state index >= 15 is 0 Å². The number of rotatable bonds is 9. The smallest absolute Gasteiger partial charge is 0.260 e. The Balaban J connectivity index is 1.64. The molecule has 0 saturated heterocycles. The van der Waals surface area contributed by atoms with Crippen LogP contribution in [0, 0.1) is 0 Å². The highest BCUT2D eigenvalue weighted by molar-refractivity contribution is 5.81.